The van der Waals surface area contributed by atoms with Gasteiger partial charge in [-0.1, -0.05) is 33.8 Å². The molecule has 5 heteroatoms. The molecule has 0 saturated heterocycles. The molecule has 0 bridgehead atoms. The first-order chi connectivity index (χ1) is 8.56. The smallest absolute Gasteiger partial charge is 0.101 e. The molecule has 94 valence electrons. The van der Waals surface area contributed by atoms with Crippen LogP contribution < -0.4 is 5.73 Å². The minimum absolute atomic E-state index is 0.0102. The molecule has 1 aromatic carbocycles. The zero-order valence-electron chi connectivity index (χ0n) is 9.73. The Morgan fingerprint density at radius 3 is 2.50 bits per heavy atom. The molecule has 0 amide bonds. The quantitative estimate of drug-likeness (QED) is 0.823. The van der Waals surface area contributed by atoms with Gasteiger partial charge < -0.3 is 5.73 Å². The van der Waals surface area contributed by atoms with E-state index in [0.717, 1.165) is 24.4 Å². The predicted molar refractivity (Wildman–Crippen MR) is 82.8 cm³/mol. The SMILES string of the molecule is CC(N)c1ccc(Br)cc1Sc1ccc(Br)cn1. The molecule has 18 heavy (non-hydrogen) atoms. The highest BCUT2D eigenvalue weighted by atomic mass is 79.9. The molecular weight excluding hydrogens is 376 g/mol. The van der Waals surface area contributed by atoms with Gasteiger partial charge in [0.1, 0.15) is 5.03 Å². The van der Waals surface area contributed by atoms with E-state index < -0.39 is 0 Å². The van der Waals surface area contributed by atoms with E-state index in [9.17, 15) is 0 Å². The van der Waals surface area contributed by atoms with E-state index in [0.29, 0.717) is 0 Å². The molecule has 1 heterocycles. The van der Waals surface area contributed by atoms with E-state index in [1.165, 1.54) is 0 Å². The Kier molecular flexibility index (Phi) is 4.84. The molecule has 1 unspecified atom stereocenters. The van der Waals surface area contributed by atoms with Gasteiger partial charge in [-0.05, 0) is 52.7 Å². The third-order valence-electron chi connectivity index (χ3n) is 2.38. The molecule has 1 aromatic heterocycles. The van der Waals surface area contributed by atoms with Crippen molar-refractivity contribution >= 4 is 43.6 Å². The molecule has 0 radical (unpaired) electrons. The fourth-order valence-corrected chi connectivity index (χ4v) is 3.28. The maximum Gasteiger partial charge on any atom is 0.101 e. The van der Waals surface area contributed by atoms with Crippen LogP contribution in [0.25, 0.3) is 0 Å². The standard InChI is InChI=1S/C13H12Br2N2S/c1-8(16)11-4-2-9(14)6-12(11)18-13-5-3-10(15)7-17-13/h2-8H,16H2,1H3. The molecule has 0 spiro atoms. The first kappa shape index (κ1) is 14.1. The number of hydrogen-bond acceptors (Lipinski definition) is 3. The number of aromatic nitrogens is 1. The van der Waals surface area contributed by atoms with Crippen molar-refractivity contribution < 1.29 is 0 Å². The highest BCUT2D eigenvalue weighted by Crippen LogP contribution is 2.34. The summed E-state index contributed by atoms with van der Waals surface area (Å²) in [5, 5.41) is 0.957. The summed E-state index contributed by atoms with van der Waals surface area (Å²) in [6.45, 7) is 1.99. The summed E-state index contributed by atoms with van der Waals surface area (Å²) in [4.78, 5) is 5.50. The number of hydrogen-bond donors (Lipinski definition) is 1. The van der Waals surface area contributed by atoms with Crippen LogP contribution in [-0.4, -0.2) is 4.98 Å². The molecule has 2 N–H and O–H groups in total. The molecule has 0 fully saturated rings. The third kappa shape index (κ3) is 3.57. The van der Waals surface area contributed by atoms with Crippen molar-refractivity contribution in [2.75, 3.05) is 0 Å². The maximum atomic E-state index is 5.99. The lowest BCUT2D eigenvalue weighted by molar-refractivity contribution is 0.796. The molecular formula is C13H12Br2N2S. The van der Waals surface area contributed by atoms with Gasteiger partial charge in [0.2, 0.25) is 0 Å². The number of pyridine rings is 1. The summed E-state index contributed by atoms with van der Waals surface area (Å²) in [7, 11) is 0. The first-order valence-electron chi connectivity index (χ1n) is 5.40. The normalized spacial score (nSPS) is 12.4. The molecule has 0 aliphatic rings. The van der Waals surface area contributed by atoms with Crippen LogP contribution in [0.2, 0.25) is 0 Å². The van der Waals surface area contributed by atoms with Crippen LogP contribution in [0.5, 0.6) is 0 Å². The van der Waals surface area contributed by atoms with Crippen molar-refractivity contribution in [3.8, 4) is 0 Å². The lowest BCUT2D eigenvalue weighted by Gasteiger charge is -2.12. The topological polar surface area (TPSA) is 38.9 Å². The summed E-state index contributed by atoms with van der Waals surface area (Å²) in [5.41, 5.74) is 7.12. The van der Waals surface area contributed by atoms with Crippen molar-refractivity contribution in [1.82, 2.24) is 4.98 Å². The van der Waals surface area contributed by atoms with Crippen LogP contribution in [0.4, 0.5) is 0 Å². The number of halogens is 2. The van der Waals surface area contributed by atoms with Gasteiger partial charge in [-0.2, -0.15) is 0 Å². The molecule has 2 rings (SSSR count). The van der Waals surface area contributed by atoms with Crippen molar-refractivity contribution in [3.63, 3.8) is 0 Å². The zero-order valence-corrected chi connectivity index (χ0v) is 13.7. The van der Waals surface area contributed by atoms with Crippen LogP contribution in [0.15, 0.2) is 55.4 Å². The van der Waals surface area contributed by atoms with Gasteiger partial charge in [0.25, 0.3) is 0 Å². The van der Waals surface area contributed by atoms with E-state index in [4.69, 9.17) is 5.73 Å². The van der Waals surface area contributed by atoms with E-state index in [1.54, 1.807) is 18.0 Å². The maximum absolute atomic E-state index is 5.99. The van der Waals surface area contributed by atoms with Crippen LogP contribution in [0.3, 0.4) is 0 Å². The molecule has 0 aliphatic heterocycles. The van der Waals surface area contributed by atoms with E-state index >= 15 is 0 Å². The van der Waals surface area contributed by atoms with Gasteiger partial charge in [-0.3, -0.25) is 0 Å². The van der Waals surface area contributed by atoms with Gasteiger partial charge in [-0.25, -0.2) is 4.98 Å². The molecule has 0 aliphatic carbocycles. The van der Waals surface area contributed by atoms with Crippen LogP contribution in [0.1, 0.15) is 18.5 Å². The number of benzene rings is 1. The van der Waals surface area contributed by atoms with Gasteiger partial charge >= 0.3 is 0 Å². The second-order valence-electron chi connectivity index (χ2n) is 3.89. The zero-order chi connectivity index (χ0) is 13.1. The largest absolute Gasteiger partial charge is 0.324 e. The minimum Gasteiger partial charge on any atom is -0.324 e. The second-order valence-corrected chi connectivity index (χ2v) is 6.78. The summed E-state index contributed by atoms with van der Waals surface area (Å²) in [6.07, 6.45) is 1.80. The van der Waals surface area contributed by atoms with E-state index in [2.05, 4.69) is 49.0 Å². The highest BCUT2D eigenvalue weighted by Gasteiger charge is 2.09. The fraction of sp³-hybridized carbons (Fsp3) is 0.154. The molecule has 2 nitrogen and oxygen atoms in total. The van der Waals surface area contributed by atoms with Gasteiger partial charge in [-0.15, -0.1) is 0 Å². The number of nitrogens with two attached hydrogens (primary N) is 1. The summed E-state index contributed by atoms with van der Waals surface area (Å²) < 4.78 is 2.03. The lowest BCUT2D eigenvalue weighted by atomic mass is 10.1. The summed E-state index contributed by atoms with van der Waals surface area (Å²) >= 11 is 8.49. The fourth-order valence-electron chi connectivity index (χ4n) is 1.51. The minimum atomic E-state index is 0.0102. The van der Waals surface area contributed by atoms with E-state index in [-0.39, 0.29) is 6.04 Å². The number of nitrogens with zero attached hydrogens (tertiary/aromatic N) is 1. The Hall–Kier alpha value is -0.360. The van der Waals surface area contributed by atoms with Crippen molar-refractivity contribution in [2.24, 2.45) is 5.73 Å². The molecule has 1 atom stereocenters. The lowest BCUT2D eigenvalue weighted by Crippen LogP contribution is -2.06. The average Bonchev–Trinajstić information content (AvgIpc) is 2.32. The second kappa shape index (κ2) is 6.19. The Morgan fingerprint density at radius 2 is 1.89 bits per heavy atom. The van der Waals surface area contributed by atoms with E-state index in [1.807, 2.05) is 25.1 Å². The Labute approximate surface area is 128 Å². The Bertz CT molecular complexity index is 541. The van der Waals surface area contributed by atoms with Crippen molar-refractivity contribution in [2.45, 2.75) is 22.9 Å². The van der Waals surface area contributed by atoms with Crippen LogP contribution >= 0.6 is 43.6 Å². The monoisotopic (exact) mass is 386 g/mol. The van der Waals surface area contributed by atoms with Gasteiger partial charge in [0.05, 0.1) is 0 Å². The third-order valence-corrected chi connectivity index (χ3v) is 4.37. The van der Waals surface area contributed by atoms with Crippen molar-refractivity contribution in [1.29, 1.82) is 0 Å². The van der Waals surface area contributed by atoms with Crippen LogP contribution in [0, 0.1) is 0 Å². The predicted octanol–water partition coefficient (Wildman–Crippen LogP) is 4.78. The highest BCUT2D eigenvalue weighted by molar-refractivity contribution is 9.10. The first-order valence-corrected chi connectivity index (χ1v) is 7.81. The van der Waals surface area contributed by atoms with Gasteiger partial charge in [0.15, 0.2) is 0 Å². The Balaban J connectivity index is 2.32. The number of rotatable bonds is 3. The molecule has 2 aromatic rings. The summed E-state index contributed by atoms with van der Waals surface area (Å²) in [5.74, 6) is 0. The summed E-state index contributed by atoms with van der Waals surface area (Å²) in [6, 6.07) is 10.1. The van der Waals surface area contributed by atoms with Crippen LogP contribution in [-0.2, 0) is 0 Å². The molecule has 0 saturated carbocycles. The Morgan fingerprint density at radius 1 is 1.17 bits per heavy atom. The average molecular weight is 388 g/mol. The van der Waals surface area contributed by atoms with Crippen molar-refractivity contribution in [3.05, 3.63) is 51.0 Å². The van der Waals surface area contributed by atoms with Gasteiger partial charge in [0, 0.05) is 26.1 Å².